The third-order valence-corrected chi connectivity index (χ3v) is 8.02. The predicted molar refractivity (Wildman–Crippen MR) is 59.6 cm³/mol. The van der Waals surface area contributed by atoms with Gasteiger partial charge >= 0.3 is 0 Å². The number of hydrogen-bond donors (Lipinski definition) is 0. The van der Waals surface area contributed by atoms with E-state index in [2.05, 4.69) is 13.8 Å². The van der Waals surface area contributed by atoms with Crippen molar-refractivity contribution in [2.45, 2.75) is 70.0 Å². The highest BCUT2D eigenvalue weighted by molar-refractivity contribution is 6.60. The summed E-state index contributed by atoms with van der Waals surface area (Å²) in [5.41, 5.74) is 1.24. The molecule has 0 radical (unpaired) electrons. The molecule has 0 amide bonds. The molecule has 72 valence electrons. The van der Waals surface area contributed by atoms with Crippen LogP contribution in [0.15, 0.2) is 0 Å². The molecular weight excluding hydrogens is 160 g/mol. The van der Waals surface area contributed by atoms with Crippen molar-refractivity contribution < 1.29 is 0 Å². The first-order chi connectivity index (χ1) is 5.88. The van der Waals surface area contributed by atoms with Gasteiger partial charge in [0.15, 0.2) is 0 Å². The summed E-state index contributed by atoms with van der Waals surface area (Å²) >= 11 is 0. The fourth-order valence-electron chi connectivity index (χ4n) is 2.79. The summed E-state index contributed by atoms with van der Waals surface area (Å²) in [4.78, 5) is 0. The van der Waals surface area contributed by atoms with Crippen molar-refractivity contribution in [2.24, 2.45) is 0 Å². The summed E-state index contributed by atoms with van der Waals surface area (Å²) in [6.07, 6.45) is 9.18. The van der Waals surface area contributed by atoms with Gasteiger partial charge in [-0.1, -0.05) is 64.5 Å². The average molecular weight is 184 g/mol. The standard InChI is InChI=1S/C11H24Si/c1-3-9-12(10-4-2)11-7-5-6-8-11/h11-12H,3-10H2,1-2H3. The Labute approximate surface area is 79.4 Å². The molecule has 1 fully saturated rings. The second-order valence-corrected chi connectivity index (χ2v) is 8.00. The molecule has 0 aromatic carbocycles. The Morgan fingerprint density at radius 2 is 1.50 bits per heavy atom. The highest BCUT2D eigenvalue weighted by atomic mass is 28.3. The smallest absolute Gasteiger partial charge is 0.0398 e. The monoisotopic (exact) mass is 184 g/mol. The third-order valence-electron chi connectivity index (χ3n) is 3.39. The van der Waals surface area contributed by atoms with Gasteiger partial charge in [0.1, 0.15) is 0 Å². The summed E-state index contributed by atoms with van der Waals surface area (Å²) in [6.45, 7) is 4.73. The zero-order valence-electron chi connectivity index (χ0n) is 8.81. The van der Waals surface area contributed by atoms with Crippen LogP contribution in [0.4, 0.5) is 0 Å². The zero-order valence-corrected chi connectivity index (χ0v) is 9.97. The van der Waals surface area contributed by atoms with Gasteiger partial charge in [0.2, 0.25) is 0 Å². The number of hydrogen-bond acceptors (Lipinski definition) is 0. The van der Waals surface area contributed by atoms with E-state index in [1.165, 1.54) is 18.4 Å². The van der Waals surface area contributed by atoms with Gasteiger partial charge in [-0.05, 0) is 5.54 Å². The molecule has 1 aliphatic rings. The predicted octanol–water partition coefficient (Wildman–Crippen LogP) is 3.98. The second kappa shape index (κ2) is 5.79. The van der Waals surface area contributed by atoms with E-state index in [9.17, 15) is 0 Å². The Kier molecular flexibility index (Phi) is 4.97. The van der Waals surface area contributed by atoms with Crippen LogP contribution in [0.2, 0.25) is 17.6 Å². The topological polar surface area (TPSA) is 0 Å². The first-order valence-corrected chi connectivity index (χ1v) is 8.18. The fourth-order valence-corrected chi connectivity index (χ4v) is 6.91. The molecule has 1 rings (SSSR count). The molecule has 0 bridgehead atoms. The minimum Gasteiger partial charge on any atom is -0.0657 e. The van der Waals surface area contributed by atoms with Gasteiger partial charge in [0, 0.05) is 8.80 Å². The minimum absolute atomic E-state index is 0.286. The highest BCUT2D eigenvalue weighted by Gasteiger charge is 2.24. The van der Waals surface area contributed by atoms with Gasteiger partial charge in [-0.15, -0.1) is 0 Å². The zero-order chi connectivity index (χ0) is 8.81. The van der Waals surface area contributed by atoms with E-state index in [1.54, 1.807) is 37.8 Å². The molecular formula is C11H24Si. The number of rotatable bonds is 5. The molecule has 12 heavy (non-hydrogen) atoms. The van der Waals surface area contributed by atoms with E-state index in [1.807, 2.05) is 0 Å². The quantitative estimate of drug-likeness (QED) is 0.567. The van der Waals surface area contributed by atoms with Crippen molar-refractivity contribution >= 4 is 8.80 Å². The van der Waals surface area contributed by atoms with Crippen LogP contribution in [0.5, 0.6) is 0 Å². The fraction of sp³-hybridized carbons (Fsp3) is 1.00. The lowest BCUT2D eigenvalue weighted by atomic mass is 10.4. The van der Waals surface area contributed by atoms with E-state index in [0.29, 0.717) is 0 Å². The SMILES string of the molecule is CCC[SiH](CCC)C1CCCC1. The van der Waals surface area contributed by atoms with Crippen molar-refractivity contribution in [2.75, 3.05) is 0 Å². The van der Waals surface area contributed by atoms with Gasteiger partial charge in [0.05, 0.1) is 0 Å². The van der Waals surface area contributed by atoms with Crippen molar-refractivity contribution in [3.05, 3.63) is 0 Å². The lowest BCUT2D eigenvalue weighted by Gasteiger charge is -2.20. The molecule has 1 heteroatoms. The molecule has 0 unspecified atom stereocenters. The van der Waals surface area contributed by atoms with E-state index >= 15 is 0 Å². The largest absolute Gasteiger partial charge is 0.0657 e. The normalized spacial score (nSPS) is 19.2. The van der Waals surface area contributed by atoms with E-state index in [4.69, 9.17) is 0 Å². The van der Waals surface area contributed by atoms with Gasteiger partial charge < -0.3 is 0 Å². The third kappa shape index (κ3) is 2.93. The molecule has 0 atom stereocenters. The van der Waals surface area contributed by atoms with Crippen LogP contribution in [0, 0.1) is 0 Å². The first kappa shape index (κ1) is 10.3. The van der Waals surface area contributed by atoms with Crippen molar-refractivity contribution in [3.63, 3.8) is 0 Å². The maximum absolute atomic E-state index is 2.37. The molecule has 0 aliphatic heterocycles. The Morgan fingerprint density at radius 1 is 1.00 bits per heavy atom. The van der Waals surface area contributed by atoms with E-state index in [-0.39, 0.29) is 8.80 Å². The van der Waals surface area contributed by atoms with E-state index in [0.717, 1.165) is 0 Å². The summed E-state index contributed by atoms with van der Waals surface area (Å²) in [6, 6.07) is 3.25. The lowest BCUT2D eigenvalue weighted by Crippen LogP contribution is -2.17. The van der Waals surface area contributed by atoms with Gasteiger partial charge in [-0.25, -0.2) is 0 Å². The average Bonchev–Trinajstić information content (AvgIpc) is 2.56. The molecule has 0 aromatic rings. The molecule has 1 saturated carbocycles. The van der Waals surface area contributed by atoms with Crippen molar-refractivity contribution in [1.82, 2.24) is 0 Å². The van der Waals surface area contributed by atoms with Crippen LogP contribution in [-0.4, -0.2) is 8.80 Å². The van der Waals surface area contributed by atoms with Crippen LogP contribution >= 0.6 is 0 Å². The summed E-state index contributed by atoms with van der Waals surface area (Å²) in [5.74, 6) is 0. The molecule has 1 aliphatic carbocycles. The van der Waals surface area contributed by atoms with Crippen LogP contribution in [-0.2, 0) is 0 Å². The summed E-state index contributed by atoms with van der Waals surface area (Å²) < 4.78 is 0. The Bertz CT molecular complexity index is 99.6. The van der Waals surface area contributed by atoms with E-state index < -0.39 is 0 Å². The Morgan fingerprint density at radius 3 is 1.92 bits per heavy atom. The second-order valence-electron chi connectivity index (χ2n) is 4.38. The summed E-state index contributed by atoms with van der Waals surface area (Å²) in [5, 5.41) is 0. The van der Waals surface area contributed by atoms with Crippen LogP contribution < -0.4 is 0 Å². The highest BCUT2D eigenvalue weighted by Crippen LogP contribution is 2.36. The minimum atomic E-state index is -0.286. The van der Waals surface area contributed by atoms with Gasteiger partial charge in [0.25, 0.3) is 0 Å². The summed E-state index contributed by atoms with van der Waals surface area (Å²) in [7, 11) is -0.286. The molecule has 0 saturated heterocycles. The molecule has 0 nitrogen and oxygen atoms in total. The van der Waals surface area contributed by atoms with Crippen molar-refractivity contribution in [1.29, 1.82) is 0 Å². The molecule has 0 spiro atoms. The van der Waals surface area contributed by atoms with Crippen LogP contribution in [0.1, 0.15) is 52.4 Å². The molecule has 0 aromatic heterocycles. The molecule has 0 heterocycles. The first-order valence-electron chi connectivity index (χ1n) is 5.88. The van der Waals surface area contributed by atoms with Gasteiger partial charge in [-0.2, -0.15) is 0 Å². The van der Waals surface area contributed by atoms with Crippen LogP contribution in [0.25, 0.3) is 0 Å². The van der Waals surface area contributed by atoms with Gasteiger partial charge in [-0.3, -0.25) is 0 Å². The van der Waals surface area contributed by atoms with Crippen LogP contribution in [0.3, 0.4) is 0 Å². The maximum Gasteiger partial charge on any atom is 0.0398 e. The Balaban J connectivity index is 2.29. The lowest BCUT2D eigenvalue weighted by molar-refractivity contribution is 0.819. The Hall–Kier alpha value is 0.217. The molecule has 0 N–H and O–H groups in total. The van der Waals surface area contributed by atoms with Crippen molar-refractivity contribution in [3.8, 4) is 0 Å². The maximum atomic E-state index is 2.37.